The molecule has 1 amide bonds. The van der Waals surface area contributed by atoms with E-state index in [1.54, 1.807) is 19.9 Å². The second kappa shape index (κ2) is 7.37. The summed E-state index contributed by atoms with van der Waals surface area (Å²) in [4.78, 5) is 12.0. The van der Waals surface area contributed by atoms with Gasteiger partial charge in [0.25, 0.3) is 5.91 Å². The molecule has 0 spiro atoms. The fourth-order valence-electron chi connectivity index (χ4n) is 1.66. The summed E-state index contributed by atoms with van der Waals surface area (Å²) in [6.45, 7) is 4.06. The van der Waals surface area contributed by atoms with Crippen molar-refractivity contribution < 1.29 is 18.3 Å². The molecule has 1 aromatic carbocycles. The predicted octanol–water partition coefficient (Wildman–Crippen LogP) is 0.405. The lowest BCUT2D eigenvalue weighted by atomic mass is 10.1. The van der Waals surface area contributed by atoms with Crippen LogP contribution in [0.5, 0.6) is 0 Å². The van der Waals surface area contributed by atoms with Gasteiger partial charge in [-0.25, -0.2) is 13.1 Å². The Kier molecular flexibility index (Phi) is 6.12. The first-order chi connectivity index (χ1) is 9.42. The summed E-state index contributed by atoms with van der Waals surface area (Å²) in [5.41, 5.74) is 1.02. The highest BCUT2D eigenvalue weighted by Crippen LogP contribution is 2.15. The van der Waals surface area contributed by atoms with Crippen molar-refractivity contribution in [3.8, 4) is 0 Å². The van der Waals surface area contributed by atoms with Crippen LogP contribution in [0.2, 0.25) is 0 Å². The van der Waals surface area contributed by atoms with Crippen LogP contribution >= 0.6 is 0 Å². The number of benzene rings is 1. The normalized spacial score (nSPS) is 11.3. The maximum atomic E-state index is 12.0. The molecule has 0 unspecified atom stereocenters. The van der Waals surface area contributed by atoms with Gasteiger partial charge in [-0.15, -0.1) is 0 Å². The van der Waals surface area contributed by atoms with Gasteiger partial charge < -0.3 is 10.4 Å². The highest BCUT2D eigenvalue weighted by atomic mass is 32.2. The summed E-state index contributed by atoms with van der Waals surface area (Å²) in [7, 11) is -3.58. The Morgan fingerprint density at radius 2 is 2.05 bits per heavy atom. The maximum absolute atomic E-state index is 12.0. The fraction of sp³-hybridized carbons (Fsp3) is 0.462. The van der Waals surface area contributed by atoms with Crippen LogP contribution in [0.25, 0.3) is 0 Å². The molecule has 0 aliphatic rings. The van der Waals surface area contributed by atoms with E-state index in [0.717, 1.165) is 0 Å². The molecule has 0 aliphatic heterocycles. The molecule has 0 heterocycles. The molecule has 1 rings (SSSR count). The Morgan fingerprint density at radius 3 is 2.65 bits per heavy atom. The average Bonchev–Trinajstić information content (AvgIpc) is 2.39. The van der Waals surface area contributed by atoms with E-state index in [1.165, 1.54) is 12.1 Å². The molecule has 7 heteroatoms. The highest BCUT2D eigenvalue weighted by molar-refractivity contribution is 7.89. The van der Waals surface area contributed by atoms with E-state index in [4.69, 9.17) is 5.11 Å². The Hall–Kier alpha value is -1.44. The number of rotatable bonds is 7. The third-order valence-corrected chi connectivity index (χ3v) is 4.26. The van der Waals surface area contributed by atoms with E-state index in [9.17, 15) is 13.2 Å². The maximum Gasteiger partial charge on any atom is 0.251 e. The van der Waals surface area contributed by atoms with Gasteiger partial charge >= 0.3 is 0 Å². The molecule has 0 aliphatic carbocycles. The fourth-order valence-corrected chi connectivity index (χ4v) is 2.73. The lowest BCUT2D eigenvalue weighted by Crippen LogP contribution is -2.27. The summed E-state index contributed by atoms with van der Waals surface area (Å²) in [5.74, 6) is -0.343. The van der Waals surface area contributed by atoms with Crippen molar-refractivity contribution in [2.75, 3.05) is 19.7 Å². The minimum absolute atomic E-state index is 0.00585. The van der Waals surface area contributed by atoms with Crippen LogP contribution in [-0.2, 0) is 10.0 Å². The van der Waals surface area contributed by atoms with E-state index in [2.05, 4.69) is 10.0 Å². The third-order valence-electron chi connectivity index (χ3n) is 2.72. The number of hydrogen-bond donors (Lipinski definition) is 3. The molecular weight excluding hydrogens is 280 g/mol. The van der Waals surface area contributed by atoms with Crippen molar-refractivity contribution in [2.45, 2.75) is 25.2 Å². The summed E-state index contributed by atoms with van der Waals surface area (Å²) >= 11 is 0. The van der Waals surface area contributed by atoms with Crippen LogP contribution < -0.4 is 10.0 Å². The molecule has 0 fully saturated rings. The molecule has 0 aromatic heterocycles. The number of carbonyl (C=O) groups excluding carboxylic acids is 1. The topological polar surface area (TPSA) is 95.5 Å². The number of nitrogens with one attached hydrogen (secondary N) is 2. The second-order valence-corrected chi connectivity index (χ2v) is 6.08. The van der Waals surface area contributed by atoms with Crippen LogP contribution in [-0.4, -0.2) is 39.1 Å². The third kappa shape index (κ3) is 4.29. The number of aliphatic hydroxyl groups excluding tert-OH is 1. The zero-order valence-electron chi connectivity index (χ0n) is 11.6. The number of hydrogen-bond acceptors (Lipinski definition) is 4. The molecule has 20 heavy (non-hydrogen) atoms. The second-order valence-electron chi connectivity index (χ2n) is 4.31. The first kappa shape index (κ1) is 16.6. The molecule has 3 N–H and O–H groups in total. The van der Waals surface area contributed by atoms with Crippen LogP contribution in [0, 0.1) is 6.92 Å². The first-order valence-corrected chi connectivity index (χ1v) is 7.90. The number of aliphatic hydroxyl groups is 1. The van der Waals surface area contributed by atoms with Gasteiger partial charge in [0.2, 0.25) is 10.0 Å². The minimum atomic E-state index is -3.58. The standard InChI is InChI=1S/C13H20N2O4S/c1-3-15-20(18,19)11-6-5-10(2)12(9-11)13(17)14-7-4-8-16/h5-6,9,15-16H,3-4,7-8H2,1-2H3,(H,14,17). The molecule has 0 bridgehead atoms. The van der Waals surface area contributed by atoms with Crippen LogP contribution in [0.15, 0.2) is 23.1 Å². The Morgan fingerprint density at radius 1 is 1.35 bits per heavy atom. The zero-order chi connectivity index (χ0) is 15.2. The molecule has 1 aromatic rings. The molecule has 0 saturated carbocycles. The lowest BCUT2D eigenvalue weighted by molar-refractivity contribution is 0.0950. The van der Waals surface area contributed by atoms with Crippen molar-refractivity contribution >= 4 is 15.9 Å². The number of amides is 1. The van der Waals surface area contributed by atoms with E-state index in [1.807, 2.05) is 0 Å². The van der Waals surface area contributed by atoms with E-state index >= 15 is 0 Å². The van der Waals surface area contributed by atoms with Gasteiger partial charge in [-0.1, -0.05) is 13.0 Å². The summed E-state index contributed by atoms with van der Waals surface area (Å²) in [6.07, 6.45) is 0.458. The van der Waals surface area contributed by atoms with Crippen molar-refractivity contribution in [1.29, 1.82) is 0 Å². The van der Waals surface area contributed by atoms with Crippen molar-refractivity contribution in [1.82, 2.24) is 10.0 Å². The molecule has 112 valence electrons. The van der Waals surface area contributed by atoms with Crippen LogP contribution in [0.3, 0.4) is 0 Å². The number of carbonyl (C=O) groups is 1. The highest BCUT2D eigenvalue weighted by Gasteiger charge is 2.16. The Bertz CT molecular complexity index is 570. The van der Waals surface area contributed by atoms with Crippen molar-refractivity contribution in [2.24, 2.45) is 0 Å². The Labute approximate surface area is 119 Å². The SMILES string of the molecule is CCNS(=O)(=O)c1ccc(C)c(C(=O)NCCCO)c1. The van der Waals surface area contributed by atoms with Gasteiger partial charge in [0.15, 0.2) is 0 Å². The number of sulfonamides is 1. The lowest BCUT2D eigenvalue weighted by Gasteiger charge is -2.10. The quantitative estimate of drug-likeness (QED) is 0.635. The van der Waals surface area contributed by atoms with Crippen molar-refractivity contribution in [3.63, 3.8) is 0 Å². The van der Waals surface area contributed by atoms with Gasteiger partial charge in [-0.2, -0.15) is 0 Å². The average molecular weight is 300 g/mol. The predicted molar refractivity (Wildman–Crippen MR) is 76.1 cm³/mol. The van der Waals surface area contributed by atoms with Crippen LogP contribution in [0.1, 0.15) is 29.3 Å². The van der Waals surface area contributed by atoms with Crippen molar-refractivity contribution in [3.05, 3.63) is 29.3 Å². The summed E-state index contributed by atoms with van der Waals surface area (Å²) in [6, 6.07) is 4.44. The smallest absolute Gasteiger partial charge is 0.251 e. The molecular formula is C13H20N2O4S. The molecule has 0 saturated heterocycles. The summed E-state index contributed by atoms with van der Waals surface area (Å²) < 4.78 is 26.2. The Balaban J connectivity index is 3.00. The van der Waals surface area contributed by atoms with E-state index in [0.29, 0.717) is 24.1 Å². The van der Waals surface area contributed by atoms with Gasteiger partial charge in [0.05, 0.1) is 4.90 Å². The van der Waals surface area contributed by atoms with Gasteiger partial charge in [-0.3, -0.25) is 4.79 Å². The van der Waals surface area contributed by atoms with Crippen LogP contribution in [0.4, 0.5) is 0 Å². The zero-order valence-corrected chi connectivity index (χ0v) is 12.5. The van der Waals surface area contributed by atoms with Gasteiger partial charge in [0, 0.05) is 25.3 Å². The first-order valence-electron chi connectivity index (χ1n) is 6.41. The largest absolute Gasteiger partial charge is 0.396 e. The molecule has 6 nitrogen and oxygen atoms in total. The molecule has 0 atom stereocenters. The summed E-state index contributed by atoms with van der Waals surface area (Å²) in [5, 5.41) is 11.3. The van der Waals surface area contributed by atoms with E-state index in [-0.39, 0.29) is 24.0 Å². The minimum Gasteiger partial charge on any atom is -0.396 e. The van der Waals surface area contributed by atoms with E-state index < -0.39 is 10.0 Å². The van der Waals surface area contributed by atoms with Gasteiger partial charge in [0.1, 0.15) is 0 Å². The number of aryl methyl sites for hydroxylation is 1. The molecule has 0 radical (unpaired) electrons. The monoisotopic (exact) mass is 300 g/mol. The van der Waals surface area contributed by atoms with Gasteiger partial charge in [-0.05, 0) is 31.0 Å².